The van der Waals surface area contributed by atoms with Crippen molar-refractivity contribution in [3.63, 3.8) is 0 Å². The van der Waals surface area contributed by atoms with Gasteiger partial charge in [0.25, 0.3) is 0 Å². The van der Waals surface area contributed by atoms with Gasteiger partial charge in [-0.15, -0.1) is 11.3 Å². The molecule has 120 valence electrons. The summed E-state index contributed by atoms with van der Waals surface area (Å²) in [5.74, 6) is 0. The van der Waals surface area contributed by atoms with E-state index in [0.29, 0.717) is 24.0 Å². The van der Waals surface area contributed by atoms with Crippen LogP contribution in [0.25, 0.3) is 0 Å². The number of sulfonamides is 1. The third-order valence-electron chi connectivity index (χ3n) is 3.99. The van der Waals surface area contributed by atoms with Crippen molar-refractivity contribution >= 4 is 21.4 Å². The Hall–Kier alpha value is -0.470. The molecule has 5 nitrogen and oxygen atoms in total. The van der Waals surface area contributed by atoms with E-state index < -0.39 is 10.0 Å². The summed E-state index contributed by atoms with van der Waals surface area (Å²) in [4.78, 5) is 4.57. The minimum absolute atomic E-state index is 0.309. The molecule has 0 spiro atoms. The van der Waals surface area contributed by atoms with Gasteiger partial charge in [-0.3, -0.25) is 0 Å². The lowest BCUT2D eigenvalue weighted by Crippen LogP contribution is -2.44. The Balaban J connectivity index is 2.04. The number of nitrogens with zero attached hydrogens (tertiary/aromatic N) is 1. The highest BCUT2D eigenvalue weighted by atomic mass is 32.2. The van der Waals surface area contributed by atoms with Gasteiger partial charge >= 0.3 is 0 Å². The summed E-state index contributed by atoms with van der Waals surface area (Å²) in [5.41, 5.74) is 0. The lowest BCUT2D eigenvalue weighted by Gasteiger charge is -2.32. The van der Waals surface area contributed by atoms with Gasteiger partial charge in [-0.2, -0.15) is 0 Å². The molecule has 1 aliphatic rings. The minimum atomic E-state index is -3.41. The third kappa shape index (κ3) is 4.26. The second-order valence-electron chi connectivity index (χ2n) is 5.65. The molecule has 21 heavy (non-hydrogen) atoms. The molecule has 0 aliphatic carbocycles. The molecule has 1 aromatic rings. The van der Waals surface area contributed by atoms with E-state index in [1.165, 1.54) is 24.2 Å². The van der Waals surface area contributed by atoms with E-state index in [4.69, 9.17) is 0 Å². The van der Waals surface area contributed by atoms with Crippen LogP contribution < -0.4 is 10.0 Å². The van der Waals surface area contributed by atoms with Gasteiger partial charge in [-0.05, 0) is 46.5 Å². The van der Waals surface area contributed by atoms with Gasteiger partial charge < -0.3 is 10.2 Å². The summed E-state index contributed by atoms with van der Waals surface area (Å²) in [6, 6.07) is 2.09. The lowest BCUT2D eigenvalue weighted by atomic mass is 10.0. The number of thiophene rings is 1. The first-order valence-electron chi connectivity index (χ1n) is 7.38. The zero-order chi connectivity index (χ0) is 15.5. The zero-order valence-corrected chi connectivity index (χ0v) is 14.6. The van der Waals surface area contributed by atoms with E-state index in [0.717, 1.165) is 22.7 Å². The van der Waals surface area contributed by atoms with E-state index in [1.54, 1.807) is 6.07 Å². The molecule has 2 heterocycles. The van der Waals surface area contributed by atoms with E-state index in [-0.39, 0.29) is 0 Å². The standard InChI is InChI=1S/C14H25N3O2S2/c1-11-14(8-13(20-11)10-15-2)21(18,19)16-9-12-6-4-5-7-17(12)3/h8,12,15-16H,4-7,9-10H2,1-3H3. The molecule has 1 saturated heterocycles. The van der Waals surface area contributed by atoms with Crippen LogP contribution in [0.3, 0.4) is 0 Å². The molecule has 2 rings (SSSR count). The number of hydrogen-bond donors (Lipinski definition) is 2. The second kappa shape index (κ2) is 7.19. The Morgan fingerprint density at radius 3 is 2.86 bits per heavy atom. The molecular weight excluding hydrogens is 306 g/mol. The summed E-state index contributed by atoms with van der Waals surface area (Å²) in [6.07, 6.45) is 3.45. The predicted molar refractivity (Wildman–Crippen MR) is 87.3 cm³/mol. The highest BCUT2D eigenvalue weighted by Gasteiger charge is 2.24. The van der Waals surface area contributed by atoms with Crippen LogP contribution in [0.4, 0.5) is 0 Å². The maximum Gasteiger partial charge on any atom is 0.241 e. The van der Waals surface area contributed by atoms with Crippen molar-refractivity contribution in [1.29, 1.82) is 0 Å². The summed E-state index contributed by atoms with van der Waals surface area (Å²) >= 11 is 1.54. The molecule has 1 aliphatic heterocycles. The first-order chi connectivity index (χ1) is 9.94. The topological polar surface area (TPSA) is 61.4 Å². The SMILES string of the molecule is CNCc1cc(S(=O)(=O)NCC2CCCCN2C)c(C)s1. The number of likely N-dealkylation sites (N-methyl/N-ethyl adjacent to an activating group) is 1. The Bertz CT molecular complexity index is 569. The number of nitrogens with one attached hydrogen (secondary N) is 2. The first kappa shape index (κ1) is 16.9. The van der Waals surface area contributed by atoms with E-state index in [2.05, 4.69) is 22.0 Å². The van der Waals surface area contributed by atoms with Gasteiger partial charge in [0.15, 0.2) is 0 Å². The summed E-state index contributed by atoms with van der Waals surface area (Å²) < 4.78 is 27.7. The third-order valence-corrected chi connectivity index (χ3v) is 6.72. The average Bonchev–Trinajstić information content (AvgIpc) is 2.80. The molecule has 7 heteroatoms. The van der Waals surface area contributed by atoms with Gasteiger partial charge in [0.1, 0.15) is 0 Å². The Morgan fingerprint density at radius 2 is 2.19 bits per heavy atom. The average molecular weight is 332 g/mol. The predicted octanol–water partition coefficient (Wildman–Crippen LogP) is 1.54. The van der Waals surface area contributed by atoms with E-state index in [1.807, 2.05) is 14.0 Å². The van der Waals surface area contributed by atoms with Crippen LogP contribution in [-0.4, -0.2) is 46.5 Å². The normalized spacial score (nSPS) is 20.8. The molecule has 0 bridgehead atoms. The molecule has 0 amide bonds. The Kier molecular flexibility index (Phi) is 5.79. The first-order valence-corrected chi connectivity index (χ1v) is 9.68. The molecule has 1 unspecified atom stereocenters. The molecular formula is C14H25N3O2S2. The second-order valence-corrected chi connectivity index (χ2v) is 8.72. The minimum Gasteiger partial charge on any atom is -0.315 e. The van der Waals surface area contributed by atoms with Crippen molar-refractivity contribution in [2.45, 2.75) is 43.7 Å². The Labute approximate surface area is 131 Å². The van der Waals surface area contributed by atoms with Gasteiger partial charge in [0.05, 0.1) is 4.90 Å². The van der Waals surface area contributed by atoms with Crippen LogP contribution in [0.15, 0.2) is 11.0 Å². The Morgan fingerprint density at radius 1 is 1.43 bits per heavy atom. The number of rotatable bonds is 6. The highest BCUT2D eigenvalue weighted by molar-refractivity contribution is 7.89. The smallest absolute Gasteiger partial charge is 0.241 e. The summed E-state index contributed by atoms with van der Waals surface area (Å²) in [7, 11) is 0.525. The molecule has 1 fully saturated rings. The summed E-state index contributed by atoms with van der Waals surface area (Å²) in [6.45, 7) is 4.11. The van der Waals surface area contributed by atoms with Crippen LogP contribution >= 0.6 is 11.3 Å². The monoisotopic (exact) mass is 331 g/mol. The lowest BCUT2D eigenvalue weighted by molar-refractivity contribution is 0.187. The van der Waals surface area contributed by atoms with Gasteiger partial charge in [-0.1, -0.05) is 6.42 Å². The maximum atomic E-state index is 12.5. The zero-order valence-electron chi connectivity index (χ0n) is 13.0. The molecule has 0 aromatic carbocycles. The van der Waals surface area contributed by atoms with Crippen LogP contribution in [0.2, 0.25) is 0 Å². The number of piperidine rings is 1. The number of hydrogen-bond acceptors (Lipinski definition) is 5. The highest BCUT2D eigenvalue weighted by Crippen LogP contribution is 2.25. The van der Waals surface area contributed by atoms with Gasteiger partial charge in [0.2, 0.25) is 10.0 Å². The fraction of sp³-hybridized carbons (Fsp3) is 0.714. The van der Waals surface area contributed by atoms with Crippen molar-refractivity contribution < 1.29 is 8.42 Å². The number of likely N-dealkylation sites (tertiary alicyclic amines) is 1. The van der Waals surface area contributed by atoms with Gasteiger partial charge in [-0.25, -0.2) is 13.1 Å². The van der Waals surface area contributed by atoms with E-state index >= 15 is 0 Å². The van der Waals surface area contributed by atoms with Crippen LogP contribution in [-0.2, 0) is 16.6 Å². The molecule has 2 N–H and O–H groups in total. The molecule has 1 atom stereocenters. The largest absolute Gasteiger partial charge is 0.315 e. The number of aryl methyl sites for hydroxylation is 1. The van der Waals surface area contributed by atoms with Crippen molar-refractivity contribution in [2.75, 3.05) is 27.2 Å². The quantitative estimate of drug-likeness (QED) is 0.830. The van der Waals surface area contributed by atoms with Crippen LogP contribution in [0, 0.1) is 6.92 Å². The molecule has 0 saturated carbocycles. The van der Waals surface area contributed by atoms with E-state index in [9.17, 15) is 8.42 Å². The van der Waals surface area contributed by atoms with Crippen LogP contribution in [0.5, 0.6) is 0 Å². The van der Waals surface area contributed by atoms with Crippen LogP contribution in [0.1, 0.15) is 29.0 Å². The van der Waals surface area contributed by atoms with Crippen molar-refractivity contribution in [2.24, 2.45) is 0 Å². The van der Waals surface area contributed by atoms with Gasteiger partial charge in [0, 0.05) is 28.9 Å². The molecule has 0 radical (unpaired) electrons. The fourth-order valence-electron chi connectivity index (χ4n) is 2.74. The van der Waals surface area contributed by atoms with Crippen molar-refractivity contribution in [3.8, 4) is 0 Å². The van der Waals surface area contributed by atoms with Crippen molar-refractivity contribution in [1.82, 2.24) is 14.9 Å². The maximum absolute atomic E-state index is 12.5. The fourth-order valence-corrected chi connectivity index (χ4v) is 5.46. The molecule has 1 aromatic heterocycles. The summed E-state index contributed by atoms with van der Waals surface area (Å²) in [5, 5.41) is 3.05. The van der Waals surface area contributed by atoms with Crippen molar-refractivity contribution in [3.05, 3.63) is 15.8 Å².